The van der Waals surface area contributed by atoms with E-state index < -0.39 is 5.24 Å². The molecule has 0 aliphatic rings. The topological polar surface area (TPSA) is 32.3 Å². The maximum Gasteiger partial charge on any atom is 0.275 e. The van der Waals surface area contributed by atoms with Crippen molar-refractivity contribution in [2.75, 3.05) is 13.6 Å². The first kappa shape index (κ1) is 12.9. The van der Waals surface area contributed by atoms with Gasteiger partial charge >= 0.3 is 0 Å². The monoisotopic (exact) mass is 196 g/mol. The van der Waals surface area contributed by atoms with Crippen molar-refractivity contribution in [1.82, 2.24) is 10.1 Å². The molecule has 1 N–H and O–H groups in total. The minimum atomic E-state index is -0.402. The molecule has 0 rings (SSSR count). The number of carbonyl (C=O) groups excluding carboxylic acids is 1. The maximum absolute atomic E-state index is 10.5. The van der Waals surface area contributed by atoms with Crippen molar-refractivity contribution in [2.24, 2.45) is 5.92 Å². The molecule has 0 heterocycles. The van der Waals surface area contributed by atoms with E-state index in [0.717, 1.165) is 13.0 Å². The molecule has 3 nitrogen and oxygen atoms in total. The van der Waals surface area contributed by atoms with E-state index >= 15 is 0 Å². The van der Waals surface area contributed by atoms with Gasteiger partial charge in [-0.2, -0.15) is 0 Å². The fourth-order valence-corrected chi connectivity index (χ4v) is 1.02. The summed E-state index contributed by atoms with van der Waals surface area (Å²) >= 11 is 3.58. The number of amides is 1. The minimum Gasteiger partial charge on any atom is -0.356 e. The molecule has 0 aromatic heterocycles. The third-order valence-electron chi connectivity index (χ3n) is 1.84. The van der Waals surface area contributed by atoms with Gasteiger partial charge in [-0.15, -0.1) is 0 Å². The fourth-order valence-electron chi connectivity index (χ4n) is 0.872. The van der Waals surface area contributed by atoms with Crippen molar-refractivity contribution in [3.05, 3.63) is 0 Å². The fraction of sp³-hybridized carbons (Fsp3) is 0.857. The molecule has 0 saturated heterocycles. The average molecular weight is 196 g/mol. The molecule has 0 aromatic rings. The normalized spacial score (nSPS) is 15.4. The molecule has 0 aliphatic carbocycles. The Hall–Kier alpha value is -0.0901. The Morgan fingerprint density at radius 1 is 1.69 bits per heavy atom. The van der Waals surface area contributed by atoms with Crippen molar-refractivity contribution in [2.45, 2.75) is 19.3 Å². The molecule has 0 spiro atoms. The predicted molar refractivity (Wildman–Crippen MR) is 59.2 cm³/mol. The van der Waals surface area contributed by atoms with E-state index in [4.69, 9.17) is 15.8 Å². The predicted octanol–water partition coefficient (Wildman–Crippen LogP) is 0.162. The van der Waals surface area contributed by atoms with Gasteiger partial charge < -0.3 is 10.1 Å². The molecule has 2 atom stereocenters. The third-order valence-corrected chi connectivity index (χ3v) is 1.97. The van der Waals surface area contributed by atoms with Gasteiger partial charge in [0.2, 0.25) is 0 Å². The van der Waals surface area contributed by atoms with Crippen LogP contribution in [-0.4, -0.2) is 45.4 Å². The Morgan fingerprint density at radius 2 is 2.23 bits per heavy atom. The lowest BCUT2D eigenvalue weighted by molar-refractivity contribution is 0.257. The molecule has 1 amide bonds. The quantitative estimate of drug-likeness (QED) is 0.484. The highest BCUT2D eigenvalue weighted by atomic mass is 32.1. The maximum atomic E-state index is 10.5. The van der Waals surface area contributed by atoms with Crippen molar-refractivity contribution in [1.29, 1.82) is 0 Å². The molecule has 70 valence electrons. The minimum absolute atomic E-state index is 0.182. The summed E-state index contributed by atoms with van der Waals surface area (Å²) in [6.07, 6.45) is 0.836. The summed E-state index contributed by atoms with van der Waals surface area (Å²) in [5.41, 5.74) is 0. The molecule has 0 aromatic carbocycles. The Kier molecular flexibility index (Phi) is 6.33. The van der Waals surface area contributed by atoms with Gasteiger partial charge in [0.25, 0.3) is 5.24 Å². The lowest BCUT2D eigenvalue weighted by Gasteiger charge is -2.22. The molecule has 2 unspecified atom stereocenters. The van der Waals surface area contributed by atoms with E-state index in [9.17, 15) is 4.79 Å². The first-order valence-electron chi connectivity index (χ1n) is 4.14. The van der Waals surface area contributed by atoms with Crippen LogP contribution in [0.4, 0.5) is 4.79 Å². The van der Waals surface area contributed by atoms with Gasteiger partial charge in [0.15, 0.2) is 7.98 Å². The second-order valence-corrected chi connectivity index (χ2v) is 3.63. The van der Waals surface area contributed by atoms with Gasteiger partial charge in [-0.25, -0.2) is 0 Å². The number of hydrogen-bond acceptors (Lipinski definition) is 2. The molecule has 13 heavy (non-hydrogen) atoms. The molecule has 0 aliphatic heterocycles. The van der Waals surface area contributed by atoms with Gasteiger partial charge in [0.1, 0.15) is 0 Å². The Labute approximate surface area is 87.9 Å². The Balaban J connectivity index is 3.68. The SMILES string of the molecule is [B]C(NC(=O)S)C(C)CCN([B])C. The second-order valence-electron chi connectivity index (χ2n) is 3.22. The summed E-state index contributed by atoms with van der Waals surface area (Å²) in [6, 6.07) is 0. The molecular weight excluding hydrogens is 182 g/mol. The summed E-state index contributed by atoms with van der Waals surface area (Å²) in [4.78, 5) is 12.1. The summed E-state index contributed by atoms with van der Waals surface area (Å²) < 4.78 is 0. The van der Waals surface area contributed by atoms with E-state index in [1.54, 1.807) is 11.9 Å². The van der Waals surface area contributed by atoms with Gasteiger partial charge in [0, 0.05) is 0 Å². The molecule has 4 radical (unpaired) electrons. The third kappa shape index (κ3) is 7.02. The number of nitrogens with zero attached hydrogens (tertiary/aromatic N) is 1. The molecule has 6 heteroatoms. The van der Waals surface area contributed by atoms with Gasteiger partial charge in [-0.05, 0) is 31.9 Å². The van der Waals surface area contributed by atoms with Crippen LogP contribution in [0, 0.1) is 5.92 Å². The van der Waals surface area contributed by atoms with Crippen molar-refractivity contribution in [3.63, 3.8) is 0 Å². The zero-order valence-electron chi connectivity index (χ0n) is 8.03. The zero-order valence-corrected chi connectivity index (χ0v) is 8.92. The number of hydrogen-bond donors (Lipinski definition) is 2. The largest absolute Gasteiger partial charge is 0.356 e. The first-order chi connectivity index (χ1) is 5.93. The van der Waals surface area contributed by atoms with Gasteiger partial charge in [-0.3, -0.25) is 4.79 Å². The summed E-state index contributed by atoms with van der Waals surface area (Å²) in [5.74, 6) is -0.174. The number of rotatable bonds is 5. The highest BCUT2D eigenvalue weighted by molar-refractivity contribution is 7.96. The van der Waals surface area contributed by atoms with Crippen LogP contribution < -0.4 is 5.32 Å². The number of thiol groups is 1. The number of carbonyl (C=O) groups is 1. The van der Waals surface area contributed by atoms with Crippen LogP contribution in [0.2, 0.25) is 0 Å². The molecule has 0 fully saturated rings. The second kappa shape index (κ2) is 6.38. The van der Waals surface area contributed by atoms with Crippen LogP contribution in [-0.2, 0) is 0 Å². The van der Waals surface area contributed by atoms with Crippen molar-refractivity contribution >= 4 is 33.7 Å². The molecular formula is C7H14B2N2OS. The lowest BCUT2D eigenvalue weighted by atomic mass is 9.83. The Bertz CT molecular complexity index is 169. The highest BCUT2D eigenvalue weighted by Gasteiger charge is 2.12. The zero-order chi connectivity index (χ0) is 10.4. The van der Waals surface area contributed by atoms with Crippen LogP contribution in [0.3, 0.4) is 0 Å². The lowest BCUT2D eigenvalue weighted by Crippen LogP contribution is -2.38. The van der Waals surface area contributed by atoms with Crippen LogP contribution in [0.1, 0.15) is 13.3 Å². The molecule has 0 saturated carbocycles. The van der Waals surface area contributed by atoms with E-state index in [1.807, 2.05) is 6.92 Å². The van der Waals surface area contributed by atoms with Crippen LogP contribution >= 0.6 is 12.6 Å². The standard InChI is InChI=1S/C7H14B2N2OS/c1-5(3-4-11(2)9)6(8)10-7(12)13/h5-6H,3-4H2,1-2H3,(H2,10,12,13). The van der Waals surface area contributed by atoms with Gasteiger partial charge in [-0.1, -0.05) is 19.6 Å². The molecule has 0 bridgehead atoms. The summed E-state index contributed by atoms with van der Waals surface area (Å²) in [6.45, 7) is 2.70. The van der Waals surface area contributed by atoms with E-state index in [0.29, 0.717) is 0 Å². The van der Waals surface area contributed by atoms with Crippen LogP contribution in [0.25, 0.3) is 0 Å². The van der Waals surface area contributed by atoms with Crippen LogP contribution in [0.15, 0.2) is 0 Å². The first-order valence-corrected chi connectivity index (χ1v) is 4.59. The van der Waals surface area contributed by atoms with Crippen molar-refractivity contribution < 1.29 is 4.79 Å². The van der Waals surface area contributed by atoms with Crippen LogP contribution in [0.5, 0.6) is 0 Å². The highest BCUT2D eigenvalue weighted by Crippen LogP contribution is 2.06. The van der Waals surface area contributed by atoms with E-state index in [1.165, 1.54) is 0 Å². The average Bonchev–Trinajstić information content (AvgIpc) is 1.98. The van der Waals surface area contributed by atoms with E-state index in [2.05, 4.69) is 17.9 Å². The summed E-state index contributed by atoms with van der Waals surface area (Å²) in [5, 5.41) is 2.11. The Morgan fingerprint density at radius 3 is 2.62 bits per heavy atom. The smallest absolute Gasteiger partial charge is 0.275 e. The van der Waals surface area contributed by atoms with Gasteiger partial charge in [0.05, 0.1) is 7.85 Å². The van der Waals surface area contributed by atoms with E-state index in [-0.39, 0.29) is 11.9 Å². The summed E-state index contributed by atoms with van der Waals surface area (Å²) in [7, 11) is 12.9. The van der Waals surface area contributed by atoms with Crippen molar-refractivity contribution in [3.8, 4) is 0 Å². The number of nitrogens with one attached hydrogen (secondary N) is 1.